The first-order valence-electron chi connectivity index (χ1n) is 5.90. The summed E-state index contributed by atoms with van der Waals surface area (Å²) < 4.78 is 16.2. The highest BCUT2D eigenvalue weighted by atomic mass is 16.5. The summed E-state index contributed by atoms with van der Waals surface area (Å²) in [6.07, 6.45) is 0. The molecule has 2 rings (SSSR count). The SMILES string of the molecule is COc1ccc(Oc2ccc(N)c(C)c2)cc1OC. The third-order valence-corrected chi connectivity index (χ3v) is 2.83. The quantitative estimate of drug-likeness (QED) is 0.855. The lowest BCUT2D eigenvalue weighted by Gasteiger charge is -2.11. The van der Waals surface area contributed by atoms with Gasteiger partial charge in [-0.05, 0) is 42.8 Å². The van der Waals surface area contributed by atoms with E-state index >= 15 is 0 Å². The molecule has 0 radical (unpaired) electrons. The van der Waals surface area contributed by atoms with Crippen LogP contribution in [0.25, 0.3) is 0 Å². The van der Waals surface area contributed by atoms with Crippen LogP contribution in [0.3, 0.4) is 0 Å². The molecule has 0 spiro atoms. The van der Waals surface area contributed by atoms with E-state index in [0.29, 0.717) is 17.2 Å². The van der Waals surface area contributed by atoms with Crippen LogP contribution in [0, 0.1) is 6.92 Å². The van der Waals surface area contributed by atoms with Crippen LogP contribution in [-0.4, -0.2) is 14.2 Å². The first kappa shape index (κ1) is 13.1. The number of nitrogens with two attached hydrogens (primary N) is 1. The fraction of sp³-hybridized carbons (Fsp3) is 0.200. The molecule has 19 heavy (non-hydrogen) atoms. The van der Waals surface area contributed by atoms with E-state index in [4.69, 9.17) is 19.9 Å². The molecule has 0 bridgehead atoms. The highest BCUT2D eigenvalue weighted by Crippen LogP contribution is 2.33. The van der Waals surface area contributed by atoms with Crippen molar-refractivity contribution in [3.63, 3.8) is 0 Å². The van der Waals surface area contributed by atoms with Crippen LogP contribution in [0.15, 0.2) is 36.4 Å². The number of methoxy groups -OCH3 is 2. The number of aryl methyl sites for hydroxylation is 1. The summed E-state index contributed by atoms with van der Waals surface area (Å²) in [4.78, 5) is 0. The normalized spacial score (nSPS) is 10.1. The Balaban J connectivity index is 2.25. The third kappa shape index (κ3) is 2.91. The Morgan fingerprint density at radius 3 is 2.11 bits per heavy atom. The second-order valence-corrected chi connectivity index (χ2v) is 4.14. The molecule has 100 valence electrons. The zero-order chi connectivity index (χ0) is 13.8. The number of nitrogen functional groups attached to an aromatic ring is 1. The van der Waals surface area contributed by atoms with E-state index in [1.165, 1.54) is 0 Å². The van der Waals surface area contributed by atoms with Crippen LogP contribution in [0.2, 0.25) is 0 Å². The number of rotatable bonds is 4. The average molecular weight is 259 g/mol. The molecule has 0 aliphatic carbocycles. The number of anilines is 1. The highest BCUT2D eigenvalue weighted by molar-refractivity contribution is 5.51. The van der Waals surface area contributed by atoms with E-state index in [-0.39, 0.29) is 0 Å². The largest absolute Gasteiger partial charge is 0.493 e. The summed E-state index contributed by atoms with van der Waals surface area (Å²) in [6, 6.07) is 11.0. The fourth-order valence-corrected chi connectivity index (χ4v) is 1.73. The van der Waals surface area contributed by atoms with Gasteiger partial charge in [-0.3, -0.25) is 0 Å². The van der Waals surface area contributed by atoms with E-state index in [1.54, 1.807) is 26.4 Å². The Kier molecular flexibility index (Phi) is 3.80. The second-order valence-electron chi connectivity index (χ2n) is 4.14. The van der Waals surface area contributed by atoms with E-state index < -0.39 is 0 Å². The van der Waals surface area contributed by atoms with Gasteiger partial charge in [0, 0.05) is 11.8 Å². The molecule has 0 unspecified atom stereocenters. The summed E-state index contributed by atoms with van der Waals surface area (Å²) >= 11 is 0. The van der Waals surface area contributed by atoms with E-state index in [9.17, 15) is 0 Å². The smallest absolute Gasteiger partial charge is 0.164 e. The summed E-state index contributed by atoms with van der Waals surface area (Å²) in [5.41, 5.74) is 7.51. The lowest BCUT2D eigenvalue weighted by molar-refractivity contribution is 0.352. The predicted octanol–water partition coefficient (Wildman–Crippen LogP) is 3.39. The minimum atomic E-state index is 0.632. The van der Waals surface area contributed by atoms with Gasteiger partial charge in [0.15, 0.2) is 11.5 Å². The lowest BCUT2D eigenvalue weighted by Crippen LogP contribution is -1.93. The predicted molar refractivity (Wildman–Crippen MR) is 75.2 cm³/mol. The van der Waals surface area contributed by atoms with Crippen LogP contribution >= 0.6 is 0 Å². The van der Waals surface area contributed by atoms with Gasteiger partial charge in [-0.2, -0.15) is 0 Å². The van der Waals surface area contributed by atoms with Gasteiger partial charge in [-0.25, -0.2) is 0 Å². The minimum absolute atomic E-state index is 0.632. The summed E-state index contributed by atoms with van der Waals surface area (Å²) in [7, 11) is 3.19. The fourth-order valence-electron chi connectivity index (χ4n) is 1.73. The van der Waals surface area contributed by atoms with Crippen molar-refractivity contribution in [3.05, 3.63) is 42.0 Å². The van der Waals surface area contributed by atoms with Crippen molar-refractivity contribution in [2.75, 3.05) is 20.0 Å². The van der Waals surface area contributed by atoms with Gasteiger partial charge in [-0.1, -0.05) is 0 Å². The van der Waals surface area contributed by atoms with Crippen molar-refractivity contribution in [2.24, 2.45) is 0 Å². The molecule has 0 saturated carbocycles. The highest BCUT2D eigenvalue weighted by Gasteiger charge is 2.06. The van der Waals surface area contributed by atoms with Crippen LogP contribution < -0.4 is 19.9 Å². The van der Waals surface area contributed by atoms with Crippen LogP contribution in [-0.2, 0) is 0 Å². The summed E-state index contributed by atoms with van der Waals surface area (Å²) in [6.45, 7) is 1.94. The molecule has 0 fully saturated rings. The first-order chi connectivity index (χ1) is 9.13. The molecular weight excluding hydrogens is 242 g/mol. The van der Waals surface area contributed by atoms with Crippen molar-refractivity contribution in [2.45, 2.75) is 6.92 Å². The molecular formula is C15H17NO3. The second kappa shape index (κ2) is 5.52. The van der Waals surface area contributed by atoms with Crippen molar-refractivity contribution in [1.82, 2.24) is 0 Å². The Morgan fingerprint density at radius 2 is 1.47 bits per heavy atom. The number of benzene rings is 2. The maximum Gasteiger partial charge on any atom is 0.164 e. The molecule has 0 aliphatic rings. The number of hydrogen-bond acceptors (Lipinski definition) is 4. The summed E-state index contributed by atoms with van der Waals surface area (Å²) in [5, 5.41) is 0. The van der Waals surface area contributed by atoms with E-state index in [2.05, 4.69) is 0 Å². The van der Waals surface area contributed by atoms with Gasteiger partial charge in [0.2, 0.25) is 0 Å². The molecule has 0 atom stereocenters. The molecule has 2 N–H and O–H groups in total. The minimum Gasteiger partial charge on any atom is -0.493 e. The Morgan fingerprint density at radius 1 is 0.842 bits per heavy atom. The van der Waals surface area contributed by atoms with Crippen LogP contribution in [0.5, 0.6) is 23.0 Å². The molecule has 0 aliphatic heterocycles. The van der Waals surface area contributed by atoms with E-state index in [1.807, 2.05) is 31.2 Å². The van der Waals surface area contributed by atoms with Crippen molar-refractivity contribution in [1.29, 1.82) is 0 Å². The molecule has 4 nitrogen and oxygen atoms in total. The zero-order valence-electron chi connectivity index (χ0n) is 11.3. The number of hydrogen-bond donors (Lipinski definition) is 1. The number of ether oxygens (including phenoxy) is 3. The Labute approximate surface area is 112 Å². The van der Waals surface area contributed by atoms with Gasteiger partial charge in [0.25, 0.3) is 0 Å². The average Bonchev–Trinajstić information content (AvgIpc) is 2.43. The van der Waals surface area contributed by atoms with Gasteiger partial charge in [0.05, 0.1) is 14.2 Å². The van der Waals surface area contributed by atoms with E-state index in [0.717, 1.165) is 17.0 Å². The molecule has 0 heterocycles. The summed E-state index contributed by atoms with van der Waals surface area (Å²) in [5.74, 6) is 2.72. The van der Waals surface area contributed by atoms with Crippen molar-refractivity contribution < 1.29 is 14.2 Å². The monoisotopic (exact) mass is 259 g/mol. The molecule has 4 heteroatoms. The van der Waals surface area contributed by atoms with Gasteiger partial charge in [-0.15, -0.1) is 0 Å². The third-order valence-electron chi connectivity index (χ3n) is 2.83. The first-order valence-corrected chi connectivity index (χ1v) is 5.90. The topological polar surface area (TPSA) is 53.7 Å². The van der Waals surface area contributed by atoms with Gasteiger partial charge >= 0.3 is 0 Å². The lowest BCUT2D eigenvalue weighted by atomic mass is 10.2. The molecule has 2 aromatic rings. The van der Waals surface area contributed by atoms with Crippen molar-refractivity contribution in [3.8, 4) is 23.0 Å². The van der Waals surface area contributed by atoms with Crippen LogP contribution in [0.4, 0.5) is 5.69 Å². The molecule has 2 aromatic carbocycles. The van der Waals surface area contributed by atoms with Crippen molar-refractivity contribution >= 4 is 5.69 Å². The van der Waals surface area contributed by atoms with Gasteiger partial charge < -0.3 is 19.9 Å². The molecule has 0 amide bonds. The zero-order valence-corrected chi connectivity index (χ0v) is 11.3. The molecule has 0 aromatic heterocycles. The molecule has 0 saturated heterocycles. The maximum absolute atomic E-state index is 5.77. The van der Waals surface area contributed by atoms with Gasteiger partial charge in [0.1, 0.15) is 11.5 Å². The standard InChI is InChI=1S/C15H17NO3/c1-10-8-11(4-6-13(10)16)19-12-5-7-14(17-2)15(9-12)18-3/h4-9H,16H2,1-3H3. The Bertz CT molecular complexity index is 582. The van der Waals surface area contributed by atoms with Crippen LogP contribution in [0.1, 0.15) is 5.56 Å². The maximum atomic E-state index is 5.77. The Hall–Kier alpha value is -2.36.